The summed E-state index contributed by atoms with van der Waals surface area (Å²) >= 11 is 0. The zero-order chi connectivity index (χ0) is 13.4. The van der Waals surface area contributed by atoms with Gasteiger partial charge in [-0.05, 0) is 37.1 Å². The highest BCUT2D eigenvalue weighted by Gasteiger charge is 2.41. The molecule has 1 aromatic rings. The maximum absolute atomic E-state index is 12.3. The van der Waals surface area contributed by atoms with Crippen molar-refractivity contribution in [1.29, 1.82) is 0 Å². The highest BCUT2D eigenvalue weighted by atomic mass is 16.4. The van der Waals surface area contributed by atoms with Crippen LogP contribution in [0.5, 0.6) is 0 Å². The Balaban J connectivity index is 1.82. The van der Waals surface area contributed by atoms with Gasteiger partial charge in [0.2, 0.25) is 5.91 Å². The van der Waals surface area contributed by atoms with Crippen molar-refractivity contribution in [3.63, 3.8) is 0 Å². The van der Waals surface area contributed by atoms with Gasteiger partial charge in [-0.2, -0.15) is 0 Å². The molecule has 1 aromatic carbocycles. The molecular formula is C14H16N2O3. The molecule has 3 rings (SSSR count). The molecule has 0 aromatic heterocycles. The second kappa shape index (κ2) is 4.66. The molecule has 5 nitrogen and oxygen atoms in total. The van der Waals surface area contributed by atoms with E-state index in [0.29, 0.717) is 5.69 Å². The molecule has 2 atom stereocenters. The first-order chi connectivity index (χ1) is 9.16. The van der Waals surface area contributed by atoms with Crippen LogP contribution < -0.4 is 10.4 Å². The van der Waals surface area contributed by atoms with E-state index in [9.17, 15) is 9.59 Å². The van der Waals surface area contributed by atoms with Gasteiger partial charge in [-0.3, -0.25) is 4.79 Å². The summed E-state index contributed by atoms with van der Waals surface area (Å²) in [5, 5.41) is 10.4. The molecule has 1 aliphatic heterocycles. The highest BCUT2D eigenvalue weighted by Crippen LogP contribution is 2.32. The average molecular weight is 260 g/mol. The van der Waals surface area contributed by atoms with E-state index in [1.54, 1.807) is 17.1 Å². The smallest absolute Gasteiger partial charge is 0.335 e. The van der Waals surface area contributed by atoms with Gasteiger partial charge in [-0.1, -0.05) is 12.8 Å². The molecule has 100 valence electrons. The lowest BCUT2D eigenvalue weighted by molar-refractivity contribution is -0.121. The van der Waals surface area contributed by atoms with Crippen molar-refractivity contribution >= 4 is 17.6 Å². The molecule has 1 saturated heterocycles. The van der Waals surface area contributed by atoms with E-state index in [0.717, 1.165) is 25.7 Å². The number of hydrogen-bond acceptors (Lipinski definition) is 3. The number of hydrogen-bond donors (Lipinski definition) is 2. The van der Waals surface area contributed by atoms with Gasteiger partial charge in [0.15, 0.2) is 0 Å². The Morgan fingerprint density at radius 3 is 2.53 bits per heavy atom. The fraction of sp³-hybridized carbons (Fsp3) is 0.429. The zero-order valence-corrected chi connectivity index (χ0v) is 10.5. The number of nitrogens with zero attached hydrogens (tertiary/aromatic N) is 1. The molecule has 1 amide bonds. The second-order valence-electron chi connectivity index (χ2n) is 5.15. The first kappa shape index (κ1) is 12.2. The minimum absolute atomic E-state index is 0.0768. The summed E-state index contributed by atoms with van der Waals surface area (Å²) in [5.74, 6) is -0.776. The fourth-order valence-corrected chi connectivity index (χ4v) is 2.93. The first-order valence-corrected chi connectivity index (χ1v) is 6.60. The van der Waals surface area contributed by atoms with Crippen LogP contribution in [0.3, 0.4) is 0 Å². The largest absolute Gasteiger partial charge is 0.478 e. The number of carbonyl (C=O) groups is 2. The van der Waals surface area contributed by atoms with Gasteiger partial charge in [0.1, 0.15) is 0 Å². The number of aromatic carboxylic acids is 1. The molecule has 1 heterocycles. The van der Waals surface area contributed by atoms with Crippen LogP contribution in [-0.2, 0) is 4.79 Å². The molecule has 2 aliphatic rings. The lowest BCUT2D eigenvalue weighted by Crippen LogP contribution is -2.37. The van der Waals surface area contributed by atoms with Crippen LogP contribution in [0.2, 0.25) is 0 Å². The number of amides is 1. The quantitative estimate of drug-likeness (QED) is 0.850. The Labute approximate surface area is 111 Å². The van der Waals surface area contributed by atoms with E-state index in [1.807, 2.05) is 0 Å². The van der Waals surface area contributed by atoms with Crippen LogP contribution in [0.4, 0.5) is 5.69 Å². The maximum Gasteiger partial charge on any atom is 0.335 e. The van der Waals surface area contributed by atoms with E-state index in [2.05, 4.69) is 5.43 Å². The predicted molar refractivity (Wildman–Crippen MR) is 69.8 cm³/mol. The number of rotatable bonds is 2. The van der Waals surface area contributed by atoms with Crippen molar-refractivity contribution in [2.24, 2.45) is 5.92 Å². The normalized spacial score (nSPS) is 26.3. The predicted octanol–water partition coefficient (Wildman–Crippen LogP) is 1.79. The molecule has 19 heavy (non-hydrogen) atoms. The molecule has 0 spiro atoms. The standard InChI is InChI=1S/C14H16N2O3/c17-13-11-3-1-2-4-12(11)15-16(13)10-7-5-9(6-8-10)14(18)19/h5-8,11-12,15H,1-4H2,(H,18,19). The molecule has 5 heteroatoms. The first-order valence-electron chi connectivity index (χ1n) is 6.60. The summed E-state index contributed by atoms with van der Waals surface area (Å²) in [7, 11) is 0. The van der Waals surface area contributed by atoms with Gasteiger partial charge in [0.05, 0.1) is 17.2 Å². The molecule has 1 saturated carbocycles. The minimum Gasteiger partial charge on any atom is -0.478 e. The number of nitrogens with one attached hydrogen (secondary N) is 1. The number of fused-ring (bicyclic) bond motifs is 1. The highest BCUT2D eigenvalue weighted by molar-refractivity contribution is 5.97. The summed E-state index contributed by atoms with van der Waals surface area (Å²) in [6.45, 7) is 0. The van der Waals surface area contributed by atoms with Crippen LogP contribution in [0, 0.1) is 5.92 Å². The molecule has 0 radical (unpaired) electrons. The average Bonchev–Trinajstić information content (AvgIpc) is 2.77. The van der Waals surface area contributed by atoms with Gasteiger partial charge < -0.3 is 5.11 Å². The maximum atomic E-state index is 12.3. The van der Waals surface area contributed by atoms with Gasteiger partial charge >= 0.3 is 5.97 Å². The number of hydrazine groups is 1. The summed E-state index contributed by atoms with van der Waals surface area (Å²) in [6, 6.07) is 6.63. The van der Waals surface area contributed by atoms with Crippen molar-refractivity contribution in [3.05, 3.63) is 29.8 Å². The summed E-state index contributed by atoms with van der Waals surface area (Å²) in [5.41, 5.74) is 4.19. The van der Waals surface area contributed by atoms with Crippen LogP contribution in [0.15, 0.2) is 24.3 Å². The molecule has 2 fully saturated rings. The molecule has 2 N–H and O–H groups in total. The third-order valence-electron chi connectivity index (χ3n) is 3.97. The van der Waals surface area contributed by atoms with E-state index >= 15 is 0 Å². The van der Waals surface area contributed by atoms with E-state index < -0.39 is 5.97 Å². The van der Waals surface area contributed by atoms with E-state index in [1.165, 1.54) is 12.1 Å². The summed E-state index contributed by atoms with van der Waals surface area (Å²) < 4.78 is 0. The van der Waals surface area contributed by atoms with Crippen molar-refractivity contribution < 1.29 is 14.7 Å². The SMILES string of the molecule is O=C(O)c1ccc(N2NC3CCCCC3C2=O)cc1. The minimum atomic E-state index is -0.957. The molecular weight excluding hydrogens is 244 g/mol. The van der Waals surface area contributed by atoms with E-state index in [-0.39, 0.29) is 23.4 Å². The van der Waals surface area contributed by atoms with Crippen LogP contribution in [0.1, 0.15) is 36.0 Å². The Morgan fingerprint density at radius 2 is 1.89 bits per heavy atom. The van der Waals surface area contributed by atoms with Crippen molar-refractivity contribution in [2.75, 3.05) is 5.01 Å². The van der Waals surface area contributed by atoms with Gasteiger partial charge in [-0.25, -0.2) is 15.2 Å². The number of benzene rings is 1. The van der Waals surface area contributed by atoms with Gasteiger partial charge in [0.25, 0.3) is 0 Å². The van der Waals surface area contributed by atoms with Crippen molar-refractivity contribution in [3.8, 4) is 0 Å². The molecule has 0 bridgehead atoms. The van der Waals surface area contributed by atoms with Crippen LogP contribution >= 0.6 is 0 Å². The Bertz CT molecular complexity index is 512. The van der Waals surface area contributed by atoms with Crippen molar-refractivity contribution in [2.45, 2.75) is 31.7 Å². The third kappa shape index (κ3) is 2.10. The molecule has 1 aliphatic carbocycles. The van der Waals surface area contributed by atoms with Crippen LogP contribution in [-0.4, -0.2) is 23.0 Å². The molecule has 2 unspecified atom stereocenters. The number of anilines is 1. The number of carboxylic acids is 1. The van der Waals surface area contributed by atoms with Gasteiger partial charge in [-0.15, -0.1) is 0 Å². The van der Waals surface area contributed by atoms with Gasteiger partial charge in [0, 0.05) is 6.04 Å². The summed E-state index contributed by atoms with van der Waals surface area (Å²) in [4.78, 5) is 23.1. The monoisotopic (exact) mass is 260 g/mol. The lowest BCUT2D eigenvalue weighted by Gasteiger charge is -2.21. The Morgan fingerprint density at radius 1 is 1.21 bits per heavy atom. The third-order valence-corrected chi connectivity index (χ3v) is 3.97. The van der Waals surface area contributed by atoms with E-state index in [4.69, 9.17) is 5.11 Å². The van der Waals surface area contributed by atoms with Crippen molar-refractivity contribution in [1.82, 2.24) is 5.43 Å². The zero-order valence-electron chi connectivity index (χ0n) is 10.5. The Kier molecular flexibility index (Phi) is 2.98. The summed E-state index contributed by atoms with van der Waals surface area (Å²) in [6.07, 6.45) is 4.24. The lowest BCUT2D eigenvalue weighted by atomic mass is 9.86. The fourth-order valence-electron chi connectivity index (χ4n) is 2.93. The topological polar surface area (TPSA) is 69.6 Å². The van der Waals surface area contributed by atoms with Crippen LogP contribution in [0.25, 0.3) is 0 Å². The Hall–Kier alpha value is -1.88. The number of carboxylic acid groups (broad SMARTS) is 1. The number of carbonyl (C=O) groups excluding carboxylic acids is 1. The second-order valence-corrected chi connectivity index (χ2v) is 5.15.